The van der Waals surface area contributed by atoms with Gasteiger partial charge in [-0.25, -0.2) is 8.42 Å². The van der Waals surface area contributed by atoms with Gasteiger partial charge in [0, 0.05) is 27.9 Å². The van der Waals surface area contributed by atoms with Gasteiger partial charge < -0.3 is 5.32 Å². The Morgan fingerprint density at radius 2 is 1.71 bits per heavy atom. The number of aromatic nitrogens is 1. The predicted octanol–water partition coefficient (Wildman–Crippen LogP) is 6.18. The van der Waals surface area contributed by atoms with Crippen molar-refractivity contribution < 1.29 is 13.2 Å². The van der Waals surface area contributed by atoms with E-state index in [0.717, 1.165) is 16.2 Å². The van der Waals surface area contributed by atoms with Crippen molar-refractivity contribution in [3.05, 3.63) is 96.7 Å². The maximum absolute atomic E-state index is 13.3. The molecule has 1 heterocycles. The average molecular weight is 489 g/mol. The van der Waals surface area contributed by atoms with Crippen LogP contribution in [0.3, 0.4) is 0 Å². The number of amides is 1. The highest BCUT2D eigenvalue weighted by atomic mass is 32.2. The van der Waals surface area contributed by atoms with Gasteiger partial charge in [-0.3, -0.25) is 9.78 Å². The highest BCUT2D eigenvalue weighted by Gasteiger charge is 2.17. The van der Waals surface area contributed by atoms with Crippen LogP contribution < -0.4 is 5.32 Å². The monoisotopic (exact) mass is 488 g/mol. The Hall–Kier alpha value is -3.42. The van der Waals surface area contributed by atoms with Gasteiger partial charge in [-0.2, -0.15) is 0 Å². The van der Waals surface area contributed by atoms with Crippen LogP contribution in [0.2, 0.25) is 0 Å². The number of hydrogen-bond acceptors (Lipinski definition) is 5. The molecule has 0 aliphatic carbocycles. The van der Waals surface area contributed by atoms with Gasteiger partial charge in [0.05, 0.1) is 16.3 Å². The first-order chi connectivity index (χ1) is 16.4. The molecule has 0 aliphatic heterocycles. The SMILES string of the molecule is CCS(=O)(=O)c1cccc(-c2cc(SC)ccc2C(=O)Nc2cccc(-c3ccccn3)c2)c1. The molecule has 4 rings (SSSR count). The lowest BCUT2D eigenvalue weighted by molar-refractivity contribution is 0.102. The van der Waals surface area contributed by atoms with Crippen molar-refractivity contribution in [1.29, 1.82) is 0 Å². The summed E-state index contributed by atoms with van der Waals surface area (Å²) in [6, 6.07) is 25.6. The summed E-state index contributed by atoms with van der Waals surface area (Å²) in [5.41, 5.74) is 4.19. The van der Waals surface area contributed by atoms with Gasteiger partial charge in [0.2, 0.25) is 0 Å². The zero-order chi connectivity index (χ0) is 24.1. The van der Waals surface area contributed by atoms with Crippen LogP contribution in [0.4, 0.5) is 5.69 Å². The first kappa shape index (κ1) is 23.7. The van der Waals surface area contributed by atoms with Crippen molar-refractivity contribution in [2.24, 2.45) is 0 Å². The van der Waals surface area contributed by atoms with Gasteiger partial charge in [-0.15, -0.1) is 11.8 Å². The number of rotatable bonds is 7. The minimum absolute atomic E-state index is 0.0151. The Labute approximate surface area is 204 Å². The zero-order valence-corrected chi connectivity index (χ0v) is 20.5. The lowest BCUT2D eigenvalue weighted by Gasteiger charge is -2.14. The summed E-state index contributed by atoms with van der Waals surface area (Å²) in [6.07, 6.45) is 3.69. The second-order valence-electron chi connectivity index (χ2n) is 7.59. The van der Waals surface area contributed by atoms with Crippen LogP contribution in [0.5, 0.6) is 0 Å². The molecule has 0 saturated carbocycles. The number of hydrogen-bond donors (Lipinski definition) is 1. The second kappa shape index (κ2) is 10.2. The standard InChI is InChI=1S/C27H24N2O3S2/c1-3-34(31,32)23-11-7-8-19(17-23)25-18-22(33-2)13-14-24(25)27(30)29-21-10-6-9-20(16-21)26-12-4-5-15-28-26/h4-18H,3H2,1-2H3,(H,29,30). The number of sulfone groups is 1. The first-order valence-corrected chi connectivity index (χ1v) is 13.6. The Bertz CT molecular complexity index is 1440. The maximum Gasteiger partial charge on any atom is 0.256 e. The fourth-order valence-corrected chi connectivity index (χ4v) is 4.96. The van der Waals surface area contributed by atoms with E-state index < -0.39 is 9.84 Å². The first-order valence-electron chi connectivity index (χ1n) is 10.8. The molecule has 0 aliphatic rings. The van der Waals surface area contributed by atoms with Gasteiger partial charge in [0.15, 0.2) is 9.84 Å². The van der Waals surface area contributed by atoms with Crippen LogP contribution in [0.15, 0.2) is 101 Å². The molecule has 0 saturated heterocycles. The molecule has 0 spiro atoms. The Balaban J connectivity index is 1.71. The largest absolute Gasteiger partial charge is 0.322 e. The van der Waals surface area contributed by atoms with Gasteiger partial charge in [0.1, 0.15) is 0 Å². The molecule has 1 N–H and O–H groups in total. The quantitative estimate of drug-likeness (QED) is 0.314. The number of anilines is 1. The molecule has 4 aromatic rings. The molecular formula is C27H24N2O3S2. The third kappa shape index (κ3) is 5.21. The van der Waals surface area contributed by atoms with E-state index in [1.165, 1.54) is 0 Å². The molecule has 0 fully saturated rings. The molecule has 5 nitrogen and oxygen atoms in total. The van der Waals surface area contributed by atoms with Crippen molar-refractivity contribution in [1.82, 2.24) is 4.98 Å². The molecule has 0 bridgehead atoms. The van der Waals surface area contributed by atoms with Gasteiger partial charge in [-0.1, -0.05) is 37.3 Å². The molecule has 0 radical (unpaired) electrons. The number of carbonyl (C=O) groups is 1. The van der Waals surface area contributed by atoms with Gasteiger partial charge in [0.25, 0.3) is 5.91 Å². The van der Waals surface area contributed by atoms with E-state index in [4.69, 9.17) is 0 Å². The van der Waals surface area contributed by atoms with Crippen molar-refractivity contribution in [2.75, 3.05) is 17.3 Å². The number of nitrogens with one attached hydrogen (secondary N) is 1. The Kier molecular flexibility index (Phi) is 7.14. The molecule has 34 heavy (non-hydrogen) atoms. The van der Waals surface area contributed by atoms with E-state index >= 15 is 0 Å². The molecule has 1 amide bonds. The molecule has 0 atom stereocenters. The molecule has 7 heteroatoms. The normalized spacial score (nSPS) is 11.2. The van der Waals surface area contributed by atoms with Crippen LogP contribution in [-0.2, 0) is 9.84 Å². The zero-order valence-electron chi connectivity index (χ0n) is 18.9. The maximum atomic E-state index is 13.3. The summed E-state index contributed by atoms with van der Waals surface area (Å²) in [5, 5.41) is 2.98. The van der Waals surface area contributed by atoms with Crippen molar-refractivity contribution in [3.8, 4) is 22.4 Å². The van der Waals surface area contributed by atoms with Crippen LogP contribution >= 0.6 is 11.8 Å². The molecule has 1 aromatic heterocycles. The Morgan fingerprint density at radius 3 is 2.44 bits per heavy atom. The summed E-state index contributed by atoms with van der Waals surface area (Å²) in [7, 11) is -3.37. The summed E-state index contributed by atoms with van der Waals surface area (Å²) >= 11 is 1.56. The van der Waals surface area contributed by atoms with Crippen LogP contribution in [0.25, 0.3) is 22.4 Å². The summed E-state index contributed by atoms with van der Waals surface area (Å²) in [4.78, 5) is 18.9. The van der Waals surface area contributed by atoms with E-state index in [2.05, 4.69) is 10.3 Å². The van der Waals surface area contributed by atoms with Gasteiger partial charge in [-0.05, 0) is 72.0 Å². The third-order valence-corrected chi connectivity index (χ3v) is 7.89. The molecule has 172 valence electrons. The number of pyridine rings is 1. The minimum atomic E-state index is -3.37. The minimum Gasteiger partial charge on any atom is -0.322 e. The van der Waals surface area contributed by atoms with Crippen LogP contribution in [0, 0.1) is 0 Å². The number of benzene rings is 3. The van der Waals surface area contributed by atoms with E-state index in [0.29, 0.717) is 22.4 Å². The van der Waals surface area contributed by atoms with E-state index in [1.807, 2.05) is 66.9 Å². The highest BCUT2D eigenvalue weighted by molar-refractivity contribution is 7.98. The van der Waals surface area contributed by atoms with Crippen molar-refractivity contribution in [2.45, 2.75) is 16.7 Å². The van der Waals surface area contributed by atoms with E-state index in [9.17, 15) is 13.2 Å². The molecule has 3 aromatic carbocycles. The molecular weight excluding hydrogens is 464 g/mol. The molecule has 0 unspecified atom stereocenters. The van der Waals surface area contributed by atoms with E-state index in [1.54, 1.807) is 49.1 Å². The third-order valence-electron chi connectivity index (χ3n) is 5.44. The fraction of sp³-hybridized carbons (Fsp3) is 0.111. The smallest absolute Gasteiger partial charge is 0.256 e. The highest BCUT2D eigenvalue weighted by Crippen LogP contribution is 2.31. The predicted molar refractivity (Wildman–Crippen MR) is 139 cm³/mol. The van der Waals surface area contributed by atoms with Gasteiger partial charge >= 0.3 is 0 Å². The lowest BCUT2D eigenvalue weighted by Crippen LogP contribution is -2.13. The average Bonchev–Trinajstić information content (AvgIpc) is 2.89. The lowest BCUT2D eigenvalue weighted by atomic mass is 9.99. The van der Waals surface area contributed by atoms with Crippen LogP contribution in [0.1, 0.15) is 17.3 Å². The summed E-state index contributed by atoms with van der Waals surface area (Å²) in [6.45, 7) is 1.62. The van der Waals surface area contributed by atoms with Crippen molar-refractivity contribution in [3.63, 3.8) is 0 Å². The van der Waals surface area contributed by atoms with Crippen molar-refractivity contribution >= 4 is 33.2 Å². The fourth-order valence-electron chi connectivity index (χ4n) is 3.60. The number of nitrogens with zero attached hydrogens (tertiary/aromatic N) is 1. The van der Waals surface area contributed by atoms with Crippen LogP contribution in [-0.4, -0.2) is 31.3 Å². The summed E-state index contributed by atoms with van der Waals surface area (Å²) < 4.78 is 24.9. The Morgan fingerprint density at radius 1 is 0.912 bits per heavy atom. The topological polar surface area (TPSA) is 76.1 Å². The number of thioether (sulfide) groups is 1. The second-order valence-corrected chi connectivity index (χ2v) is 10.8. The number of carbonyl (C=O) groups excluding carboxylic acids is 1. The summed E-state index contributed by atoms with van der Waals surface area (Å²) in [5.74, 6) is -0.258. The van der Waals surface area contributed by atoms with E-state index in [-0.39, 0.29) is 16.6 Å².